The number of carbonyl (C=O) groups excluding carboxylic acids is 1. The predicted octanol–water partition coefficient (Wildman–Crippen LogP) is 8.18. The highest BCUT2D eigenvalue weighted by atomic mass is 35.5. The normalized spacial score (nSPS) is 27.2. The van der Waals surface area contributed by atoms with Gasteiger partial charge < -0.3 is 0 Å². The molecule has 42 heavy (non-hydrogen) atoms. The fourth-order valence-electron chi connectivity index (χ4n) is 7.00. The first-order chi connectivity index (χ1) is 20.3. The zero-order valence-electron chi connectivity index (χ0n) is 23.8. The summed E-state index contributed by atoms with van der Waals surface area (Å²) in [6.45, 7) is 4.10. The summed E-state index contributed by atoms with van der Waals surface area (Å²) in [6.07, 6.45) is 1.53. The van der Waals surface area contributed by atoms with Crippen LogP contribution in [0.15, 0.2) is 113 Å². The summed E-state index contributed by atoms with van der Waals surface area (Å²) in [5.41, 5.74) is 4.48. The van der Waals surface area contributed by atoms with Crippen molar-refractivity contribution in [1.29, 1.82) is 0 Å². The first-order valence-corrected chi connectivity index (χ1v) is 17.4. The van der Waals surface area contributed by atoms with Crippen molar-refractivity contribution in [2.24, 2.45) is 11.8 Å². The van der Waals surface area contributed by atoms with Crippen molar-refractivity contribution in [2.45, 2.75) is 65.2 Å². The highest BCUT2D eigenvalue weighted by Crippen LogP contribution is 2.52. The van der Waals surface area contributed by atoms with Crippen LogP contribution in [0.2, 0.25) is 5.02 Å². The third-order valence-corrected chi connectivity index (χ3v) is 13.2. The molecule has 0 bridgehead atoms. The lowest BCUT2D eigenvalue weighted by Gasteiger charge is -2.48. The number of aryl methyl sites for hydroxylation is 2. The average molecular weight is 615 g/mol. The van der Waals surface area contributed by atoms with Crippen LogP contribution >= 0.6 is 11.6 Å². The maximum absolute atomic E-state index is 14.5. The van der Waals surface area contributed by atoms with E-state index in [1.807, 2.05) is 61.5 Å². The Bertz CT molecular complexity index is 1600. The predicted molar refractivity (Wildman–Crippen MR) is 172 cm³/mol. The van der Waals surface area contributed by atoms with Gasteiger partial charge in [-0.3, -0.25) is 13.2 Å². The third-order valence-electron chi connectivity index (χ3n) is 9.19. The molecule has 0 aromatic heterocycles. The molecular formula is C36H35ClO3S2. The summed E-state index contributed by atoms with van der Waals surface area (Å²) in [6, 6.07) is 33.8. The fourth-order valence-corrected chi connectivity index (χ4v) is 10.7. The number of benzene rings is 4. The molecule has 0 saturated heterocycles. The Morgan fingerprint density at radius 3 is 1.81 bits per heavy atom. The Kier molecular flexibility index (Phi) is 8.63. The maximum Gasteiger partial charge on any atom is 0.136 e. The number of halogens is 1. The zero-order chi connectivity index (χ0) is 29.4. The Hall–Kier alpha value is -2.86. The molecule has 216 valence electrons. The molecular weight excluding hydrogens is 580 g/mol. The van der Waals surface area contributed by atoms with Crippen molar-refractivity contribution in [3.63, 3.8) is 0 Å². The van der Waals surface area contributed by atoms with Crippen molar-refractivity contribution < 1.29 is 13.2 Å². The lowest BCUT2D eigenvalue weighted by atomic mass is 9.61. The molecule has 0 amide bonds. The minimum atomic E-state index is -1.34. The molecule has 0 spiro atoms. The Morgan fingerprint density at radius 1 is 0.619 bits per heavy atom. The largest absolute Gasteiger partial charge is 0.299 e. The molecule has 4 aromatic carbocycles. The molecule has 2 fully saturated rings. The maximum atomic E-state index is 14.5. The molecule has 0 radical (unpaired) electrons. The molecule has 0 N–H and O–H groups in total. The Balaban J connectivity index is 1.44. The van der Waals surface area contributed by atoms with Gasteiger partial charge in [-0.25, -0.2) is 0 Å². The van der Waals surface area contributed by atoms with E-state index in [-0.39, 0.29) is 40.0 Å². The molecule has 4 aromatic rings. The third kappa shape index (κ3) is 5.84. The van der Waals surface area contributed by atoms with E-state index in [1.54, 1.807) is 12.1 Å². The van der Waals surface area contributed by atoms with E-state index >= 15 is 0 Å². The van der Waals surface area contributed by atoms with Gasteiger partial charge >= 0.3 is 0 Å². The van der Waals surface area contributed by atoms with Crippen LogP contribution in [0, 0.1) is 25.7 Å². The van der Waals surface area contributed by atoms with E-state index in [9.17, 15) is 13.2 Å². The van der Waals surface area contributed by atoms with Crippen molar-refractivity contribution in [3.05, 3.63) is 130 Å². The van der Waals surface area contributed by atoms with Gasteiger partial charge in [-0.05, 0) is 86.1 Å². The van der Waals surface area contributed by atoms with Gasteiger partial charge in [-0.1, -0.05) is 89.5 Å². The number of carbonyl (C=O) groups is 1. The lowest BCUT2D eigenvalue weighted by Crippen LogP contribution is -2.51. The Morgan fingerprint density at radius 2 is 1.17 bits per heavy atom. The second kappa shape index (κ2) is 12.4. The van der Waals surface area contributed by atoms with E-state index < -0.39 is 21.6 Å². The second-order valence-electron chi connectivity index (χ2n) is 11.8. The van der Waals surface area contributed by atoms with Crippen LogP contribution in [0.1, 0.15) is 53.4 Å². The van der Waals surface area contributed by atoms with Crippen molar-refractivity contribution >= 4 is 39.0 Å². The highest BCUT2D eigenvalue weighted by molar-refractivity contribution is 7.86. The molecule has 6 unspecified atom stereocenters. The number of rotatable bonds is 6. The molecule has 3 nitrogen and oxygen atoms in total. The SMILES string of the molecule is Cc1ccc(C2C[C@@H]3C(S(=O)c4ccc(C)cc4)C(c4ccccc4)CC(=O)[C@@H]3CC2S(=O)c2ccc(Cl)cc2)cc1. The van der Waals surface area contributed by atoms with E-state index in [0.29, 0.717) is 24.3 Å². The van der Waals surface area contributed by atoms with Crippen LogP contribution < -0.4 is 0 Å². The fraction of sp³-hybridized carbons (Fsp3) is 0.306. The van der Waals surface area contributed by atoms with Crippen LogP contribution in [0.25, 0.3) is 0 Å². The summed E-state index contributed by atoms with van der Waals surface area (Å²) in [7, 11) is -2.66. The van der Waals surface area contributed by atoms with Gasteiger partial charge in [0.05, 0.1) is 26.8 Å². The smallest absolute Gasteiger partial charge is 0.136 e. The molecule has 0 heterocycles. The molecule has 6 heteroatoms. The quantitative estimate of drug-likeness (QED) is 0.220. The molecule has 6 rings (SSSR count). The molecule has 8 atom stereocenters. The summed E-state index contributed by atoms with van der Waals surface area (Å²) < 4.78 is 28.7. The van der Waals surface area contributed by atoms with Crippen LogP contribution in [0.3, 0.4) is 0 Å². The number of fused-ring (bicyclic) bond motifs is 1. The van der Waals surface area contributed by atoms with Crippen molar-refractivity contribution in [3.8, 4) is 0 Å². The number of hydrogen-bond acceptors (Lipinski definition) is 3. The minimum absolute atomic E-state index is 0.0387. The van der Waals surface area contributed by atoms with Crippen LogP contribution in [-0.2, 0) is 26.4 Å². The van der Waals surface area contributed by atoms with E-state index in [2.05, 4.69) is 43.3 Å². The van der Waals surface area contributed by atoms with Crippen molar-refractivity contribution in [1.82, 2.24) is 0 Å². The summed E-state index contributed by atoms with van der Waals surface area (Å²) >= 11 is 6.15. The summed E-state index contributed by atoms with van der Waals surface area (Å²) in [4.78, 5) is 15.5. The molecule has 2 saturated carbocycles. The Labute approximate surface area is 258 Å². The molecule has 0 aliphatic heterocycles. The van der Waals surface area contributed by atoms with Gasteiger partial charge in [-0.15, -0.1) is 0 Å². The van der Waals surface area contributed by atoms with Crippen LogP contribution in [0.4, 0.5) is 0 Å². The molecule has 2 aliphatic rings. The number of hydrogen-bond donors (Lipinski definition) is 0. The lowest BCUT2D eigenvalue weighted by molar-refractivity contribution is -0.128. The molecule has 2 aliphatic carbocycles. The monoisotopic (exact) mass is 614 g/mol. The average Bonchev–Trinajstić information content (AvgIpc) is 3.01. The first kappa shape index (κ1) is 29.2. The highest BCUT2D eigenvalue weighted by Gasteiger charge is 2.53. The van der Waals surface area contributed by atoms with E-state index in [4.69, 9.17) is 11.6 Å². The van der Waals surface area contributed by atoms with Gasteiger partial charge in [0.25, 0.3) is 0 Å². The summed E-state index contributed by atoms with van der Waals surface area (Å²) in [5.74, 6) is -0.357. The van der Waals surface area contributed by atoms with Gasteiger partial charge in [-0.2, -0.15) is 0 Å². The van der Waals surface area contributed by atoms with Gasteiger partial charge in [0.1, 0.15) is 5.78 Å². The van der Waals surface area contributed by atoms with Crippen molar-refractivity contribution in [2.75, 3.05) is 0 Å². The van der Waals surface area contributed by atoms with E-state index in [0.717, 1.165) is 32.0 Å². The van der Waals surface area contributed by atoms with Gasteiger partial charge in [0.2, 0.25) is 0 Å². The van der Waals surface area contributed by atoms with Gasteiger partial charge in [0.15, 0.2) is 0 Å². The first-order valence-electron chi connectivity index (χ1n) is 14.6. The van der Waals surface area contributed by atoms with E-state index in [1.165, 1.54) is 0 Å². The van der Waals surface area contributed by atoms with Gasteiger partial charge in [0, 0.05) is 38.3 Å². The van der Waals surface area contributed by atoms with Crippen LogP contribution in [0.5, 0.6) is 0 Å². The second-order valence-corrected chi connectivity index (χ2v) is 15.5. The summed E-state index contributed by atoms with van der Waals surface area (Å²) in [5, 5.41) is 0.141. The number of Topliss-reactive ketones (excluding diaryl/α,β-unsaturated/α-hetero) is 1. The van der Waals surface area contributed by atoms with Crippen LogP contribution in [-0.4, -0.2) is 24.7 Å². The minimum Gasteiger partial charge on any atom is -0.299 e. The number of ketones is 1. The standard InChI is InChI=1S/C36H35ClO3S2/c1-23-8-12-26(13-9-23)30-20-33-32(22-35(30)41(39)28-18-14-27(37)15-19-28)34(38)21-31(25-6-4-3-5-7-25)36(33)42(40)29-16-10-24(2)11-17-29/h3-19,30-33,35-36H,20-22H2,1-2H3/t30?,31?,32-,33+,35?,36?,41?,42?/m1/s1. The zero-order valence-corrected chi connectivity index (χ0v) is 26.2. The topological polar surface area (TPSA) is 51.2 Å².